The normalized spacial score (nSPS) is 15.3. The van der Waals surface area contributed by atoms with Gasteiger partial charge in [0.2, 0.25) is 4.77 Å². The van der Waals surface area contributed by atoms with Crippen LogP contribution in [0.5, 0.6) is 11.5 Å². The molecule has 1 heterocycles. The number of aromatic nitrogens is 3. The highest BCUT2D eigenvalue weighted by Gasteiger charge is 2.17. The molecule has 0 bridgehead atoms. The minimum atomic E-state index is -2.97. The van der Waals surface area contributed by atoms with Gasteiger partial charge in [0.05, 0.1) is 12.8 Å². The van der Waals surface area contributed by atoms with Gasteiger partial charge in [-0.1, -0.05) is 38.2 Å². The number of ether oxygens (including phenoxy) is 2. The van der Waals surface area contributed by atoms with Gasteiger partial charge in [0.25, 0.3) is 0 Å². The zero-order chi connectivity index (χ0) is 20.6. The Labute approximate surface area is 173 Å². The maximum atomic E-state index is 12.9. The summed E-state index contributed by atoms with van der Waals surface area (Å²) in [5, 5.41) is 11.4. The predicted molar refractivity (Wildman–Crippen MR) is 110 cm³/mol. The molecule has 0 unspecified atom stereocenters. The van der Waals surface area contributed by atoms with Crippen molar-refractivity contribution < 1.29 is 18.3 Å². The summed E-state index contributed by atoms with van der Waals surface area (Å²) in [5.41, 5.74) is 0.373. The Hall–Kier alpha value is -2.29. The molecule has 1 aliphatic rings. The van der Waals surface area contributed by atoms with Gasteiger partial charge in [-0.25, -0.2) is 0 Å². The molecule has 2 aromatic rings. The van der Waals surface area contributed by atoms with Gasteiger partial charge in [0.1, 0.15) is 0 Å². The lowest BCUT2D eigenvalue weighted by Gasteiger charge is -2.20. The molecular formula is C20H26F2N4O2S. The molecule has 1 fully saturated rings. The van der Waals surface area contributed by atoms with Gasteiger partial charge in [-0.05, 0) is 43.6 Å². The average Bonchev–Trinajstić information content (AvgIpc) is 3.07. The molecule has 158 valence electrons. The number of hydrogen-bond donors (Lipinski definition) is 1. The lowest BCUT2D eigenvalue weighted by atomic mass is 9.86. The van der Waals surface area contributed by atoms with Gasteiger partial charge in [-0.3, -0.25) is 5.10 Å². The first-order valence-corrected chi connectivity index (χ1v) is 10.4. The van der Waals surface area contributed by atoms with Crippen molar-refractivity contribution in [3.63, 3.8) is 0 Å². The van der Waals surface area contributed by atoms with E-state index in [0.29, 0.717) is 22.9 Å². The van der Waals surface area contributed by atoms with E-state index < -0.39 is 6.61 Å². The highest BCUT2D eigenvalue weighted by molar-refractivity contribution is 7.71. The van der Waals surface area contributed by atoms with Crippen molar-refractivity contribution in [1.29, 1.82) is 0 Å². The first-order valence-electron chi connectivity index (χ1n) is 9.99. The minimum absolute atomic E-state index is 0.0492. The molecule has 29 heavy (non-hydrogen) atoms. The van der Waals surface area contributed by atoms with Crippen LogP contribution in [-0.4, -0.2) is 34.3 Å². The zero-order valence-electron chi connectivity index (χ0n) is 16.4. The first kappa shape index (κ1) is 21.4. The van der Waals surface area contributed by atoms with Gasteiger partial charge in [-0.15, -0.1) is 0 Å². The number of hydrogen-bond acceptors (Lipinski definition) is 5. The Balaban J connectivity index is 1.80. The van der Waals surface area contributed by atoms with E-state index in [1.807, 2.05) is 0 Å². The van der Waals surface area contributed by atoms with Crippen LogP contribution >= 0.6 is 12.2 Å². The number of aromatic amines is 1. The second-order valence-electron chi connectivity index (χ2n) is 7.03. The van der Waals surface area contributed by atoms with E-state index in [2.05, 4.69) is 20.0 Å². The molecule has 1 saturated carbocycles. The number of aryl methyl sites for hydroxylation is 1. The van der Waals surface area contributed by atoms with E-state index in [1.165, 1.54) is 43.0 Å². The van der Waals surface area contributed by atoms with Gasteiger partial charge >= 0.3 is 6.61 Å². The Bertz CT molecular complexity index is 876. The van der Waals surface area contributed by atoms with E-state index >= 15 is 0 Å². The van der Waals surface area contributed by atoms with Crippen LogP contribution in [0.3, 0.4) is 0 Å². The second-order valence-corrected chi connectivity index (χ2v) is 7.42. The molecule has 1 aromatic carbocycles. The lowest BCUT2D eigenvalue weighted by Crippen LogP contribution is -2.09. The van der Waals surface area contributed by atoms with Crippen molar-refractivity contribution in [3.05, 3.63) is 34.4 Å². The number of para-hydroxylation sites is 1. The topological polar surface area (TPSA) is 64.4 Å². The van der Waals surface area contributed by atoms with Crippen molar-refractivity contribution in [2.45, 2.75) is 58.5 Å². The Kier molecular flexibility index (Phi) is 7.74. The van der Waals surface area contributed by atoms with Gasteiger partial charge in [0.15, 0.2) is 17.3 Å². The van der Waals surface area contributed by atoms with E-state index in [1.54, 1.807) is 25.1 Å². The molecule has 1 aliphatic carbocycles. The summed E-state index contributed by atoms with van der Waals surface area (Å²) in [6.07, 6.45) is 9.65. The van der Waals surface area contributed by atoms with Crippen molar-refractivity contribution >= 4 is 18.4 Å². The summed E-state index contributed by atoms with van der Waals surface area (Å²) in [4.78, 5) is 0. The molecule has 0 aliphatic heterocycles. The van der Waals surface area contributed by atoms with Gasteiger partial charge in [-0.2, -0.15) is 23.7 Å². The number of H-pyrrole nitrogens is 1. The minimum Gasteiger partial charge on any atom is -0.490 e. The van der Waals surface area contributed by atoms with Crippen molar-refractivity contribution in [1.82, 2.24) is 14.9 Å². The smallest absolute Gasteiger partial charge is 0.387 e. The predicted octanol–water partition coefficient (Wildman–Crippen LogP) is 5.34. The second kappa shape index (κ2) is 10.5. The summed E-state index contributed by atoms with van der Waals surface area (Å²) in [7, 11) is 0. The summed E-state index contributed by atoms with van der Waals surface area (Å²) in [5.74, 6) is 1.63. The van der Waals surface area contributed by atoms with Crippen LogP contribution < -0.4 is 9.47 Å². The SMILES string of the molecule is CCOc1cccc(/C=N\n2c(CCC3CCCCC3)n[nH]c2=S)c1OC(F)F. The Morgan fingerprint density at radius 1 is 1.34 bits per heavy atom. The first-order chi connectivity index (χ1) is 14.1. The number of rotatable bonds is 9. The maximum Gasteiger partial charge on any atom is 0.387 e. The molecule has 0 amide bonds. The molecule has 0 atom stereocenters. The molecule has 3 rings (SSSR count). The monoisotopic (exact) mass is 424 g/mol. The van der Waals surface area contributed by atoms with Crippen molar-refractivity contribution in [2.24, 2.45) is 11.0 Å². The molecule has 9 heteroatoms. The third kappa shape index (κ3) is 5.85. The van der Waals surface area contributed by atoms with Gasteiger partial charge in [0, 0.05) is 12.0 Å². The van der Waals surface area contributed by atoms with Crippen LogP contribution in [-0.2, 0) is 6.42 Å². The van der Waals surface area contributed by atoms with Gasteiger partial charge < -0.3 is 9.47 Å². The molecule has 6 nitrogen and oxygen atoms in total. The number of nitrogens with one attached hydrogen (secondary N) is 1. The molecule has 1 N–H and O–H groups in total. The highest BCUT2D eigenvalue weighted by Crippen LogP contribution is 2.32. The van der Waals surface area contributed by atoms with E-state index in [9.17, 15) is 8.78 Å². The van der Waals surface area contributed by atoms with E-state index in [0.717, 1.165) is 18.7 Å². The standard InChI is InChI=1S/C20H26F2N4O2S/c1-2-27-16-10-6-9-15(18(16)28-19(21)22)13-23-26-17(24-25-20(26)29)12-11-14-7-4-3-5-8-14/h6,9-10,13-14,19H,2-5,7-8,11-12H2,1H3,(H,25,29)/b23-13-. The van der Waals surface area contributed by atoms with Crippen LogP contribution in [0.15, 0.2) is 23.3 Å². The van der Waals surface area contributed by atoms with Crippen molar-refractivity contribution in [3.8, 4) is 11.5 Å². The number of benzene rings is 1. The summed E-state index contributed by atoms with van der Waals surface area (Å²) >= 11 is 5.28. The fourth-order valence-electron chi connectivity index (χ4n) is 3.65. The molecule has 0 spiro atoms. The summed E-state index contributed by atoms with van der Waals surface area (Å²) in [6.45, 7) is -0.861. The third-order valence-electron chi connectivity index (χ3n) is 5.05. The van der Waals surface area contributed by atoms with Crippen LogP contribution in [0.25, 0.3) is 0 Å². The zero-order valence-corrected chi connectivity index (χ0v) is 17.3. The Morgan fingerprint density at radius 2 is 2.14 bits per heavy atom. The van der Waals surface area contributed by atoms with E-state index in [4.69, 9.17) is 17.0 Å². The molecule has 0 saturated heterocycles. The highest BCUT2D eigenvalue weighted by atomic mass is 32.1. The maximum absolute atomic E-state index is 12.9. The van der Waals surface area contributed by atoms with Crippen LogP contribution in [0.4, 0.5) is 8.78 Å². The Morgan fingerprint density at radius 3 is 2.86 bits per heavy atom. The fraction of sp³-hybridized carbons (Fsp3) is 0.550. The number of nitrogens with zero attached hydrogens (tertiary/aromatic N) is 3. The summed E-state index contributed by atoms with van der Waals surface area (Å²) in [6, 6.07) is 4.91. The number of halogens is 2. The van der Waals surface area contributed by atoms with E-state index in [-0.39, 0.29) is 11.5 Å². The van der Waals surface area contributed by atoms with Crippen LogP contribution in [0.2, 0.25) is 0 Å². The number of alkyl halides is 2. The van der Waals surface area contributed by atoms with Crippen LogP contribution in [0, 0.1) is 10.7 Å². The molecule has 0 radical (unpaired) electrons. The summed E-state index contributed by atoms with van der Waals surface area (Å²) < 4.78 is 37.7. The third-order valence-corrected chi connectivity index (χ3v) is 5.31. The van der Waals surface area contributed by atoms with Crippen LogP contribution in [0.1, 0.15) is 56.8 Å². The average molecular weight is 425 g/mol. The fourth-order valence-corrected chi connectivity index (χ4v) is 3.85. The largest absolute Gasteiger partial charge is 0.490 e. The molecule has 1 aromatic heterocycles. The lowest BCUT2D eigenvalue weighted by molar-refractivity contribution is -0.0515. The molecular weight excluding hydrogens is 398 g/mol. The quantitative estimate of drug-likeness (QED) is 0.436. The van der Waals surface area contributed by atoms with Crippen molar-refractivity contribution in [2.75, 3.05) is 6.61 Å².